The summed E-state index contributed by atoms with van der Waals surface area (Å²) in [4.78, 5) is 15.8. The molecule has 2 fully saturated rings. The number of carbonyl (C=O) groups excluding carboxylic acids is 1. The van der Waals surface area contributed by atoms with Crippen molar-refractivity contribution in [2.45, 2.75) is 56.4 Å². The normalized spacial score (nSPS) is 39.3. The molecule has 4 atom stereocenters. The first-order valence-electron chi connectivity index (χ1n) is 6.71. The average Bonchev–Trinajstić information content (AvgIpc) is 2.92. The molecule has 0 aromatic heterocycles. The molecular weight excluding hydrogens is 248 g/mol. The Morgan fingerprint density at radius 2 is 2.17 bits per heavy atom. The van der Waals surface area contributed by atoms with Crippen LogP contribution in [0.2, 0.25) is 0 Å². The summed E-state index contributed by atoms with van der Waals surface area (Å²) in [5, 5.41) is 13.6. The molecule has 100 valence electrons. The molecule has 1 aliphatic heterocycles. The standard InChI is InChI=1S/C13H20N2O2S/c1-13(2,17)10-11(16)15-12(18-10)14-9-6-7-3-4-8(9)5-7/h7-10,17H,3-6H2,1-2H3,(H,14,15,16)/t7-,8+,9?,10?/m1/s1. The minimum atomic E-state index is -1.01. The molecule has 2 bridgehead atoms. The van der Waals surface area contributed by atoms with Crippen LogP contribution in [0.15, 0.2) is 4.99 Å². The Bertz CT molecular complexity index is 402. The van der Waals surface area contributed by atoms with Crippen molar-refractivity contribution in [2.75, 3.05) is 0 Å². The number of carbonyl (C=O) groups is 1. The largest absolute Gasteiger partial charge is 0.389 e. The lowest BCUT2D eigenvalue weighted by molar-refractivity contribution is -0.120. The fourth-order valence-corrected chi connectivity index (χ4v) is 4.47. The average molecular weight is 268 g/mol. The lowest BCUT2D eigenvalue weighted by Crippen LogP contribution is -2.39. The highest BCUT2D eigenvalue weighted by atomic mass is 32.2. The van der Waals surface area contributed by atoms with Crippen molar-refractivity contribution in [3.63, 3.8) is 0 Å². The molecule has 1 amide bonds. The van der Waals surface area contributed by atoms with Gasteiger partial charge in [-0.2, -0.15) is 4.99 Å². The third kappa shape index (κ3) is 2.18. The summed E-state index contributed by atoms with van der Waals surface area (Å²) in [6.45, 7) is 3.33. The molecule has 1 heterocycles. The number of nitrogens with one attached hydrogen (secondary N) is 1. The number of hydrogen-bond donors (Lipinski definition) is 2. The smallest absolute Gasteiger partial charge is 0.264 e. The molecule has 0 aromatic rings. The first-order chi connectivity index (χ1) is 8.43. The van der Waals surface area contributed by atoms with Crippen molar-refractivity contribution >= 4 is 22.8 Å². The SMILES string of the molecule is CC(C)(O)C1SC(NC2C[C@@H]3CC[C@H]2C3)=NC1=O. The predicted octanol–water partition coefficient (Wildman–Crippen LogP) is 1.53. The van der Waals surface area contributed by atoms with E-state index in [4.69, 9.17) is 0 Å². The topological polar surface area (TPSA) is 61.7 Å². The van der Waals surface area contributed by atoms with Crippen LogP contribution in [0, 0.1) is 11.8 Å². The van der Waals surface area contributed by atoms with Gasteiger partial charge in [-0.15, -0.1) is 0 Å². The van der Waals surface area contributed by atoms with E-state index in [1.807, 2.05) is 0 Å². The van der Waals surface area contributed by atoms with E-state index >= 15 is 0 Å². The Labute approximate surface area is 112 Å². The van der Waals surface area contributed by atoms with Crippen LogP contribution in [0.3, 0.4) is 0 Å². The van der Waals surface area contributed by atoms with Crippen molar-refractivity contribution in [1.29, 1.82) is 0 Å². The van der Waals surface area contributed by atoms with Crippen LogP contribution < -0.4 is 5.32 Å². The third-order valence-electron chi connectivity index (χ3n) is 4.35. The van der Waals surface area contributed by atoms with Crippen LogP contribution in [0.5, 0.6) is 0 Å². The summed E-state index contributed by atoms with van der Waals surface area (Å²) in [5.74, 6) is 1.42. The molecule has 0 spiro atoms. The monoisotopic (exact) mass is 268 g/mol. The van der Waals surface area contributed by atoms with E-state index < -0.39 is 10.9 Å². The molecule has 2 aliphatic carbocycles. The number of thioether (sulfide) groups is 1. The lowest BCUT2D eigenvalue weighted by Gasteiger charge is -2.25. The molecule has 18 heavy (non-hydrogen) atoms. The van der Waals surface area contributed by atoms with Crippen LogP contribution in [0.1, 0.15) is 39.5 Å². The van der Waals surface area contributed by atoms with Gasteiger partial charge in [-0.25, -0.2) is 0 Å². The number of nitrogens with zero attached hydrogens (tertiary/aromatic N) is 1. The van der Waals surface area contributed by atoms with E-state index in [0.717, 1.165) is 11.8 Å². The number of amidine groups is 1. The predicted molar refractivity (Wildman–Crippen MR) is 72.5 cm³/mol. The van der Waals surface area contributed by atoms with Gasteiger partial charge in [0.2, 0.25) is 0 Å². The van der Waals surface area contributed by atoms with Crippen molar-refractivity contribution in [1.82, 2.24) is 5.32 Å². The van der Waals surface area contributed by atoms with E-state index in [-0.39, 0.29) is 5.91 Å². The number of fused-ring (bicyclic) bond motifs is 2. The molecule has 5 heteroatoms. The fourth-order valence-electron chi connectivity index (χ4n) is 3.44. The van der Waals surface area contributed by atoms with Gasteiger partial charge in [0.1, 0.15) is 5.25 Å². The fraction of sp³-hybridized carbons (Fsp3) is 0.846. The molecule has 2 saturated carbocycles. The van der Waals surface area contributed by atoms with Crippen molar-refractivity contribution in [3.8, 4) is 0 Å². The van der Waals surface area contributed by atoms with E-state index in [9.17, 15) is 9.90 Å². The molecule has 3 aliphatic rings. The summed E-state index contributed by atoms with van der Waals surface area (Å²) >= 11 is 1.38. The zero-order valence-corrected chi connectivity index (χ0v) is 11.7. The second kappa shape index (κ2) is 4.23. The van der Waals surface area contributed by atoms with Crippen LogP contribution in [-0.2, 0) is 4.79 Å². The molecule has 0 radical (unpaired) electrons. The maximum atomic E-state index is 11.8. The van der Waals surface area contributed by atoms with E-state index in [0.29, 0.717) is 11.2 Å². The van der Waals surface area contributed by atoms with E-state index in [1.54, 1.807) is 13.8 Å². The highest BCUT2D eigenvalue weighted by Gasteiger charge is 2.43. The molecule has 3 rings (SSSR count). The van der Waals surface area contributed by atoms with E-state index in [2.05, 4.69) is 10.3 Å². The summed E-state index contributed by atoms with van der Waals surface area (Å²) in [5.41, 5.74) is -1.01. The van der Waals surface area contributed by atoms with Crippen LogP contribution in [0.25, 0.3) is 0 Å². The Kier molecular flexibility index (Phi) is 2.94. The number of aliphatic imine (C=N–C) groups is 1. The van der Waals surface area contributed by atoms with E-state index in [1.165, 1.54) is 37.4 Å². The summed E-state index contributed by atoms with van der Waals surface area (Å²) in [7, 11) is 0. The number of hydrogen-bond acceptors (Lipinski definition) is 4. The minimum absolute atomic E-state index is 0.210. The van der Waals surface area contributed by atoms with Gasteiger partial charge in [0.25, 0.3) is 5.91 Å². The molecule has 4 nitrogen and oxygen atoms in total. The van der Waals surface area contributed by atoms with Crippen molar-refractivity contribution in [3.05, 3.63) is 0 Å². The van der Waals surface area contributed by atoms with Gasteiger partial charge < -0.3 is 10.4 Å². The van der Waals surface area contributed by atoms with Gasteiger partial charge in [-0.05, 0) is 44.9 Å². The third-order valence-corrected chi connectivity index (χ3v) is 5.80. The molecule has 0 aromatic carbocycles. The second-order valence-corrected chi connectivity index (χ2v) is 7.43. The Morgan fingerprint density at radius 3 is 2.67 bits per heavy atom. The zero-order chi connectivity index (χ0) is 12.9. The van der Waals surface area contributed by atoms with Gasteiger partial charge in [-0.3, -0.25) is 4.79 Å². The number of amides is 1. The Morgan fingerprint density at radius 1 is 1.39 bits per heavy atom. The second-order valence-electron chi connectivity index (χ2n) is 6.33. The first-order valence-corrected chi connectivity index (χ1v) is 7.59. The summed E-state index contributed by atoms with van der Waals surface area (Å²) in [6.07, 6.45) is 5.22. The van der Waals surface area contributed by atoms with Gasteiger partial charge in [0.15, 0.2) is 5.17 Å². The number of rotatable bonds is 2. The molecule has 0 saturated heterocycles. The van der Waals surface area contributed by atoms with Crippen LogP contribution in [0.4, 0.5) is 0 Å². The zero-order valence-electron chi connectivity index (χ0n) is 10.8. The molecular formula is C13H20N2O2S. The molecule has 2 unspecified atom stereocenters. The highest BCUT2D eigenvalue weighted by molar-refractivity contribution is 8.15. The quantitative estimate of drug-likeness (QED) is 0.797. The molecule has 2 N–H and O–H groups in total. The van der Waals surface area contributed by atoms with Gasteiger partial charge in [-0.1, -0.05) is 18.2 Å². The van der Waals surface area contributed by atoms with Gasteiger partial charge in [0.05, 0.1) is 5.60 Å². The van der Waals surface area contributed by atoms with Crippen molar-refractivity contribution < 1.29 is 9.90 Å². The summed E-state index contributed by atoms with van der Waals surface area (Å²) in [6, 6.07) is 0.489. The Hall–Kier alpha value is -0.550. The summed E-state index contributed by atoms with van der Waals surface area (Å²) < 4.78 is 0. The minimum Gasteiger partial charge on any atom is -0.389 e. The van der Waals surface area contributed by atoms with Crippen LogP contribution >= 0.6 is 11.8 Å². The van der Waals surface area contributed by atoms with Gasteiger partial charge >= 0.3 is 0 Å². The first kappa shape index (κ1) is 12.5. The Balaban J connectivity index is 1.62. The lowest BCUT2D eigenvalue weighted by atomic mass is 9.96. The number of aliphatic hydroxyl groups is 1. The van der Waals surface area contributed by atoms with Crippen LogP contribution in [-0.4, -0.2) is 33.1 Å². The highest BCUT2D eigenvalue weighted by Crippen LogP contribution is 2.45. The van der Waals surface area contributed by atoms with Gasteiger partial charge in [0, 0.05) is 6.04 Å². The maximum Gasteiger partial charge on any atom is 0.264 e. The maximum absolute atomic E-state index is 11.8. The van der Waals surface area contributed by atoms with Crippen molar-refractivity contribution in [2.24, 2.45) is 16.8 Å².